The smallest absolute Gasteiger partial charge is 0.222 e. The van der Waals surface area contributed by atoms with Gasteiger partial charge in [-0.15, -0.1) is 0 Å². The maximum absolute atomic E-state index is 9.72. The van der Waals surface area contributed by atoms with Crippen molar-refractivity contribution in [3.63, 3.8) is 0 Å². The summed E-state index contributed by atoms with van der Waals surface area (Å²) in [6, 6.07) is 3.94. The van der Waals surface area contributed by atoms with Gasteiger partial charge in [0, 0.05) is 12.6 Å². The summed E-state index contributed by atoms with van der Waals surface area (Å²) in [6.07, 6.45) is 4.57. The maximum Gasteiger partial charge on any atom is 0.222 e. The SMILES string of the molecule is CCC[C@@H](CO)Nc1nc(N)nc2cn(Cc3c(OC)cc([C@@H](CN)N(C)CCC)cc3OC)nc12. The molecule has 11 nitrogen and oxygen atoms in total. The molecular weight excluding hydrogens is 460 g/mol. The van der Waals surface area contributed by atoms with E-state index in [2.05, 4.69) is 41.1 Å². The molecule has 0 aliphatic heterocycles. The van der Waals surface area contributed by atoms with Gasteiger partial charge in [0.05, 0.1) is 45.2 Å². The number of aromatic nitrogens is 4. The highest BCUT2D eigenvalue weighted by molar-refractivity contribution is 5.86. The molecule has 0 radical (unpaired) electrons. The number of nitrogens with two attached hydrogens (primary N) is 2. The Bertz CT molecular complexity index is 1110. The number of hydrogen-bond donors (Lipinski definition) is 4. The molecule has 3 aromatic rings. The number of nitrogens with zero attached hydrogens (tertiary/aromatic N) is 5. The molecule has 3 rings (SSSR count). The molecule has 0 aliphatic carbocycles. The van der Waals surface area contributed by atoms with Crippen LogP contribution in [-0.2, 0) is 6.54 Å². The Morgan fingerprint density at radius 1 is 1.14 bits per heavy atom. The van der Waals surface area contributed by atoms with Gasteiger partial charge in [0.1, 0.15) is 17.0 Å². The molecule has 0 unspecified atom stereocenters. The van der Waals surface area contributed by atoms with Crippen LogP contribution in [0.15, 0.2) is 18.3 Å². The third-order valence-corrected chi connectivity index (χ3v) is 6.29. The molecule has 0 bridgehead atoms. The second-order valence-corrected chi connectivity index (χ2v) is 8.94. The van der Waals surface area contributed by atoms with E-state index in [4.69, 9.17) is 26.0 Å². The van der Waals surface area contributed by atoms with Gasteiger partial charge < -0.3 is 31.4 Å². The van der Waals surface area contributed by atoms with Crippen LogP contribution in [0, 0.1) is 0 Å². The molecule has 2 aromatic heterocycles. The molecule has 0 fully saturated rings. The number of hydrogen-bond acceptors (Lipinski definition) is 10. The molecule has 198 valence electrons. The standard InChI is InChI=1S/C25H40N8O3/c1-6-8-17(15-34)28-24-23-19(29-25(27)30-24)14-33(31-23)13-18-21(35-4)10-16(11-22(18)36-5)20(12-26)32(3)9-7-2/h10-11,14,17,20,34H,6-9,12-13,15,26H2,1-5H3,(H3,27,28,29,30)/t17-,20+/m0/s1. The summed E-state index contributed by atoms with van der Waals surface area (Å²) in [5.74, 6) is 2.03. The van der Waals surface area contributed by atoms with Crippen molar-refractivity contribution in [3.8, 4) is 11.5 Å². The van der Waals surface area contributed by atoms with Crippen LogP contribution in [0.4, 0.5) is 11.8 Å². The highest BCUT2D eigenvalue weighted by atomic mass is 16.5. The number of nitrogens with one attached hydrogen (secondary N) is 1. The van der Waals surface area contributed by atoms with Crippen LogP contribution >= 0.6 is 0 Å². The Hall–Kier alpha value is -3.15. The molecule has 0 spiro atoms. The minimum absolute atomic E-state index is 0.0159. The van der Waals surface area contributed by atoms with E-state index in [1.807, 2.05) is 18.3 Å². The summed E-state index contributed by atoms with van der Waals surface area (Å²) in [4.78, 5) is 10.9. The van der Waals surface area contributed by atoms with Crippen molar-refractivity contribution in [2.45, 2.75) is 51.7 Å². The molecule has 0 saturated heterocycles. The van der Waals surface area contributed by atoms with Gasteiger partial charge in [-0.2, -0.15) is 10.1 Å². The van der Waals surface area contributed by atoms with Crippen molar-refractivity contribution in [1.29, 1.82) is 0 Å². The predicted octanol–water partition coefficient (Wildman–Crippen LogP) is 2.39. The monoisotopic (exact) mass is 500 g/mol. The average Bonchev–Trinajstić information content (AvgIpc) is 3.27. The number of methoxy groups -OCH3 is 2. The quantitative estimate of drug-likeness (QED) is 0.260. The first-order valence-corrected chi connectivity index (χ1v) is 12.4. The van der Waals surface area contributed by atoms with Gasteiger partial charge in [-0.3, -0.25) is 9.58 Å². The predicted molar refractivity (Wildman–Crippen MR) is 143 cm³/mol. The number of ether oxygens (including phenoxy) is 2. The number of fused-ring (bicyclic) bond motifs is 1. The third kappa shape index (κ3) is 6.15. The van der Waals surface area contributed by atoms with E-state index in [1.165, 1.54) is 0 Å². The normalized spacial score (nSPS) is 13.2. The second-order valence-electron chi connectivity index (χ2n) is 8.94. The van der Waals surface area contributed by atoms with Crippen molar-refractivity contribution in [3.05, 3.63) is 29.5 Å². The molecule has 6 N–H and O–H groups in total. The van der Waals surface area contributed by atoms with Crippen LogP contribution in [0.5, 0.6) is 11.5 Å². The lowest BCUT2D eigenvalue weighted by Crippen LogP contribution is -2.31. The number of benzene rings is 1. The highest BCUT2D eigenvalue weighted by Crippen LogP contribution is 2.35. The van der Waals surface area contributed by atoms with E-state index in [0.29, 0.717) is 41.4 Å². The van der Waals surface area contributed by atoms with Gasteiger partial charge in [-0.1, -0.05) is 20.3 Å². The highest BCUT2D eigenvalue weighted by Gasteiger charge is 2.22. The van der Waals surface area contributed by atoms with Crippen LogP contribution in [0.2, 0.25) is 0 Å². The molecule has 0 amide bonds. The minimum Gasteiger partial charge on any atom is -0.496 e. The Balaban J connectivity index is 1.99. The summed E-state index contributed by atoms with van der Waals surface area (Å²) >= 11 is 0. The van der Waals surface area contributed by atoms with Gasteiger partial charge in [-0.25, -0.2) is 4.98 Å². The zero-order valence-electron chi connectivity index (χ0n) is 22.0. The first kappa shape index (κ1) is 27.4. The Labute approximate surface area is 212 Å². The van der Waals surface area contributed by atoms with E-state index < -0.39 is 0 Å². The van der Waals surface area contributed by atoms with Crippen molar-refractivity contribution in [2.24, 2.45) is 5.73 Å². The summed E-state index contributed by atoms with van der Waals surface area (Å²) in [6.45, 7) is 6.00. The van der Waals surface area contributed by atoms with Gasteiger partial charge in [0.25, 0.3) is 0 Å². The number of rotatable bonds is 14. The lowest BCUT2D eigenvalue weighted by molar-refractivity contribution is 0.249. The topological polar surface area (TPSA) is 150 Å². The molecule has 1 aromatic carbocycles. The van der Waals surface area contributed by atoms with Gasteiger partial charge in [-0.05, 0) is 44.1 Å². The van der Waals surface area contributed by atoms with Crippen molar-refractivity contribution in [2.75, 3.05) is 52.0 Å². The molecule has 11 heteroatoms. The lowest BCUT2D eigenvalue weighted by Gasteiger charge is -2.28. The number of aliphatic hydroxyl groups is 1. The first-order chi connectivity index (χ1) is 17.4. The number of aliphatic hydroxyl groups excluding tert-OH is 1. The number of nitrogen functional groups attached to an aromatic ring is 1. The summed E-state index contributed by atoms with van der Waals surface area (Å²) < 4.78 is 13.3. The van der Waals surface area contributed by atoms with E-state index in [1.54, 1.807) is 18.9 Å². The zero-order chi connectivity index (χ0) is 26.2. The van der Waals surface area contributed by atoms with Crippen LogP contribution in [0.25, 0.3) is 11.0 Å². The number of likely N-dealkylation sites (N-methyl/N-ethyl adjacent to an activating group) is 1. The Morgan fingerprint density at radius 3 is 2.39 bits per heavy atom. The van der Waals surface area contributed by atoms with E-state index in [9.17, 15) is 5.11 Å². The molecule has 2 atom stereocenters. The van der Waals surface area contributed by atoms with Gasteiger partial charge in [0.2, 0.25) is 5.95 Å². The van der Waals surface area contributed by atoms with Gasteiger partial charge >= 0.3 is 0 Å². The Kier molecular flexibility index (Phi) is 9.68. The summed E-state index contributed by atoms with van der Waals surface area (Å²) in [7, 11) is 5.36. The van der Waals surface area contributed by atoms with Crippen LogP contribution in [0.3, 0.4) is 0 Å². The largest absolute Gasteiger partial charge is 0.496 e. The van der Waals surface area contributed by atoms with E-state index >= 15 is 0 Å². The van der Waals surface area contributed by atoms with E-state index in [-0.39, 0.29) is 24.6 Å². The number of anilines is 2. The molecule has 0 aliphatic rings. The van der Waals surface area contributed by atoms with Gasteiger partial charge in [0.15, 0.2) is 11.3 Å². The van der Waals surface area contributed by atoms with Crippen LogP contribution < -0.4 is 26.3 Å². The van der Waals surface area contributed by atoms with E-state index in [0.717, 1.165) is 36.9 Å². The fourth-order valence-corrected chi connectivity index (χ4v) is 4.50. The fourth-order valence-electron chi connectivity index (χ4n) is 4.50. The molecular formula is C25H40N8O3. The maximum atomic E-state index is 9.72. The molecule has 36 heavy (non-hydrogen) atoms. The summed E-state index contributed by atoms with van der Waals surface area (Å²) in [5, 5.41) is 17.7. The zero-order valence-corrected chi connectivity index (χ0v) is 22.0. The van der Waals surface area contributed by atoms with Crippen LogP contribution in [0.1, 0.15) is 50.3 Å². The molecule has 2 heterocycles. The minimum atomic E-state index is -0.147. The first-order valence-electron chi connectivity index (χ1n) is 12.4. The third-order valence-electron chi connectivity index (χ3n) is 6.29. The Morgan fingerprint density at radius 2 is 1.83 bits per heavy atom. The second kappa shape index (κ2) is 12.7. The summed E-state index contributed by atoms with van der Waals surface area (Å²) in [5.41, 5.74) is 15.2. The lowest BCUT2D eigenvalue weighted by atomic mass is 10.0. The fraction of sp³-hybridized carbons (Fsp3) is 0.560. The van der Waals surface area contributed by atoms with Crippen molar-refractivity contribution < 1.29 is 14.6 Å². The van der Waals surface area contributed by atoms with Crippen LogP contribution in [-0.4, -0.2) is 76.8 Å². The van der Waals surface area contributed by atoms with Crippen molar-refractivity contribution in [1.82, 2.24) is 24.6 Å². The molecule has 0 saturated carbocycles. The van der Waals surface area contributed by atoms with Crippen molar-refractivity contribution >= 4 is 22.8 Å². The average molecular weight is 501 g/mol.